The fourth-order valence-corrected chi connectivity index (χ4v) is 4.76. The predicted octanol–water partition coefficient (Wildman–Crippen LogP) is 0.654. The number of nitrogens with zero attached hydrogens (tertiary/aromatic N) is 4. The minimum Gasteiger partial charge on any atom is -0.464 e. The summed E-state index contributed by atoms with van der Waals surface area (Å²) in [7, 11) is -3.01. The highest BCUT2D eigenvalue weighted by atomic mass is 31.1. The zero-order valence-electron chi connectivity index (χ0n) is 20.0. The fourth-order valence-electron chi connectivity index (χ4n) is 3.89. The maximum atomic E-state index is 14.5. The van der Waals surface area contributed by atoms with Gasteiger partial charge in [0.1, 0.15) is 42.3 Å². The van der Waals surface area contributed by atoms with Gasteiger partial charge in [0.15, 0.2) is 11.6 Å². The second kappa shape index (κ2) is 11.6. The van der Waals surface area contributed by atoms with Gasteiger partial charge in [0.2, 0.25) is 5.60 Å². The number of rotatable bonds is 11. The summed E-state index contributed by atoms with van der Waals surface area (Å²) in [4.78, 5) is 15.8. The molecule has 1 fully saturated rings. The zero-order chi connectivity index (χ0) is 26.6. The van der Waals surface area contributed by atoms with Crippen molar-refractivity contribution in [3.05, 3.63) is 23.9 Å². The number of carbonyl (C=O) groups is 1. The van der Waals surface area contributed by atoms with Crippen molar-refractivity contribution in [1.29, 1.82) is 5.26 Å². The molecule has 3 heterocycles. The highest BCUT2D eigenvalue weighted by Gasteiger charge is 2.58. The van der Waals surface area contributed by atoms with E-state index in [1.807, 2.05) is 13.8 Å². The summed E-state index contributed by atoms with van der Waals surface area (Å²) in [6.45, 7) is 5.19. The van der Waals surface area contributed by atoms with Crippen molar-refractivity contribution in [2.75, 3.05) is 18.9 Å². The van der Waals surface area contributed by atoms with Crippen LogP contribution in [-0.4, -0.2) is 68.3 Å². The number of nitriles is 1. The van der Waals surface area contributed by atoms with E-state index in [9.17, 15) is 29.2 Å². The molecular formula is C21H30FN6O7P. The largest absolute Gasteiger partial charge is 0.464 e. The first kappa shape index (κ1) is 27.9. The number of fused-ring (bicyclic) bond motifs is 1. The average Bonchev–Trinajstić information content (AvgIpc) is 3.33. The minimum absolute atomic E-state index is 0.202. The molecule has 15 heteroatoms. The molecule has 2 aromatic rings. The summed E-state index contributed by atoms with van der Waals surface area (Å²) in [6.07, 6.45) is -2.06. The predicted molar refractivity (Wildman–Crippen MR) is 124 cm³/mol. The molecule has 1 aliphatic heterocycles. The highest BCUT2D eigenvalue weighted by molar-refractivity contribution is 7.36. The first-order chi connectivity index (χ1) is 17.1. The van der Waals surface area contributed by atoms with E-state index in [2.05, 4.69) is 15.2 Å². The van der Waals surface area contributed by atoms with Gasteiger partial charge in [-0.25, -0.2) is 19.0 Å². The van der Waals surface area contributed by atoms with Gasteiger partial charge in [-0.05, 0) is 12.8 Å². The second-order valence-corrected chi connectivity index (χ2v) is 9.65. The van der Waals surface area contributed by atoms with Gasteiger partial charge in [-0.1, -0.05) is 26.7 Å². The number of hydrogen-bond acceptors (Lipinski definition) is 11. The molecule has 13 nitrogen and oxygen atoms in total. The number of halogens is 1. The Kier molecular flexibility index (Phi) is 8.99. The van der Waals surface area contributed by atoms with E-state index < -0.39 is 56.5 Å². The summed E-state index contributed by atoms with van der Waals surface area (Å²) >= 11 is 0. The third-order valence-corrected chi connectivity index (χ3v) is 7.32. The third kappa shape index (κ3) is 5.36. The number of anilines is 1. The van der Waals surface area contributed by atoms with Crippen molar-refractivity contribution in [2.45, 2.75) is 63.6 Å². The normalized spacial score (nSPS) is 25.7. The van der Waals surface area contributed by atoms with Crippen LogP contribution in [0.25, 0.3) is 5.52 Å². The molecule has 0 aromatic carbocycles. The smallest absolute Gasteiger partial charge is 0.323 e. The van der Waals surface area contributed by atoms with Crippen LogP contribution in [-0.2, 0) is 29.0 Å². The molecule has 0 radical (unpaired) electrons. The summed E-state index contributed by atoms with van der Waals surface area (Å²) in [6, 6.07) is 1.75. The Bertz CT molecular complexity index is 1160. The lowest BCUT2D eigenvalue weighted by Crippen LogP contribution is -2.41. The Morgan fingerprint density at radius 1 is 1.47 bits per heavy atom. The van der Waals surface area contributed by atoms with Crippen LogP contribution < -0.4 is 10.8 Å². The van der Waals surface area contributed by atoms with Gasteiger partial charge in [0.25, 0.3) is 8.18 Å². The molecule has 1 aliphatic rings. The number of carbonyl (C=O) groups excluding carboxylic acids is 1. The summed E-state index contributed by atoms with van der Waals surface area (Å²) < 4.78 is 43.9. The third-order valence-electron chi connectivity index (χ3n) is 6.22. The maximum Gasteiger partial charge on any atom is 0.323 e. The van der Waals surface area contributed by atoms with Gasteiger partial charge < -0.3 is 29.9 Å². The van der Waals surface area contributed by atoms with E-state index in [1.54, 1.807) is 6.07 Å². The van der Waals surface area contributed by atoms with Crippen molar-refractivity contribution < 1.29 is 38.0 Å². The summed E-state index contributed by atoms with van der Waals surface area (Å²) in [5, 5.41) is 37.5. The number of esters is 1. The number of nitrogens with two attached hydrogens (primary N) is 1. The molecule has 0 spiro atoms. The van der Waals surface area contributed by atoms with E-state index in [0.29, 0.717) is 0 Å². The molecule has 5 N–H and O–H groups in total. The van der Waals surface area contributed by atoms with Crippen molar-refractivity contribution in [1.82, 2.24) is 19.7 Å². The fraction of sp³-hybridized carbons (Fsp3) is 0.619. The maximum absolute atomic E-state index is 14.5. The van der Waals surface area contributed by atoms with Crippen molar-refractivity contribution in [3.63, 3.8) is 0 Å². The van der Waals surface area contributed by atoms with Gasteiger partial charge in [-0.2, -0.15) is 10.4 Å². The first-order valence-corrected chi connectivity index (χ1v) is 12.7. The Morgan fingerprint density at radius 3 is 2.81 bits per heavy atom. The number of aliphatic hydroxyl groups excluding tert-OH is 2. The molecule has 0 bridgehead atoms. The molecule has 0 saturated carbocycles. The Morgan fingerprint density at radius 2 is 2.17 bits per heavy atom. The Balaban J connectivity index is 1.66. The van der Waals surface area contributed by atoms with Crippen LogP contribution in [0.15, 0.2) is 12.4 Å². The lowest BCUT2D eigenvalue weighted by Gasteiger charge is -2.24. The number of aromatic nitrogens is 3. The molecule has 0 aliphatic carbocycles. The van der Waals surface area contributed by atoms with E-state index in [4.69, 9.17) is 19.7 Å². The molecular weight excluding hydrogens is 498 g/mol. The Hall–Kier alpha value is -2.66. The SMILES string of the molecule is CCC(CC)COC(=O)[C@H](C)N[PH](=O)OC[C@H]1O[C@@](C#N)(c2cc(F)c3c(N)ncnn23)[C@H](O)[C@@H]1O. The van der Waals surface area contributed by atoms with Crippen LogP contribution >= 0.6 is 8.18 Å². The van der Waals surface area contributed by atoms with Gasteiger partial charge >= 0.3 is 5.97 Å². The van der Waals surface area contributed by atoms with Crippen LogP contribution in [0.5, 0.6) is 0 Å². The molecule has 198 valence electrons. The standard InChI is InChI=1S/C21H30FN6O7P/c1-4-12(5-2)7-33-20(31)11(3)27-36(32)34-8-14-17(29)18(30)21(9-23,35-14)15-6-13(22)16-19(24)25-10-26-28(15)16/h6,10-12,14,17-18,29-30,36H,4-5,7-8H2,1-3H3,(H,27,32)(H2,24,25,26)/t11-,14+,17+,18+,21-/m0/s1. The van der Waals surface area contributed by atoms with Crippen LogP contribution in [0.2, 0.25) is 0 Å². The molecule has 6 atom stereocenters. The summed E-state index contributed by atoms with van der Waals surface area (Å²) in [5.41, 5.74) is 3.00. The topological polar surface area (TPSA) is 194 Å². The minimum atomic E-state index is -3.01. The molecule has 0 amide bonds. The van der Waals surface area contributed by atoms with Crippen LogP contribution in [0.3, 0.4) is 0 Å². The van der Waals surface area contributed by atoms with Gasteiger partial charge in [0, 0.05) is 6.07 Å². The molecule has 36 heavy (non-hydrogen) atoms. The van der Waals surface area contributed by atoms with Crippen LogP contribution in [0.1, 0.15) is 39.3 Å². The van der Waals surface area contributed by atoms with Gasteiger partial charge in [0.05, 0.1) is 18.9 Å². The lowest BCUT2D eigenvalue weighted by atomic mass is 9.92. The summed E-state index contributed by atoms with van der Waals surface area (Å²) in [5.74, 6) is -1.42. The molecule has 2 aromatic heterocycles. The van der Waals surface area contributed by atoms with E-state index in [0.717, 1.165) is 29.8 Å². The number of nitrogen functional groups attached to an aromatic ring is 1. The molecule has 3 rings (SSSR count). The highest BCUT2D eigenvalue weighted by Crippen LogP contribution is 2.41. The average molecular weight is 528 g/mol. The number of hydrogen-bond donors (Lipinski definition) is 4. The van der Waals surface area contributed by atoms with Crippen LogP contribution in [0, 0.1) is 23.1 Å². The Labute approximate surface area is 207 Å². The second-order valence-electron chi connectivity index (χ2n) is 8.50. The first-order valence-electron chi connectivity index (χ1n) is 11.4. The van der Waals surface area contributed by atoms with Crippen molar-refractivity contribution in [3.8, 4) is 6.07 Å². The van der Waals surface area contributed by atoms with Crippen molar-refractivity contribution >= 4 is 25.5 Å². The van der Waals surface area contributed by atoms with E-state index >= 15 is 0 Å². The van der Waals surface area contributed by atoms with Crippen LogP contribution in [0.4, 0.5) is 10.2 Å². The van der Waals surface area contributed by atoms with E-state index in [1.165, 1.54) is 6.92 Å². The molecule has 1 saturated heterocycles. The zero-order valence-corrected chi connectivity index (χ0v) is 21.0. The number of nitrogens with one attached hydrogen (secondary N) is 1. The number of ether oxygens (including phenoxy) is 2. The lowest BCUT2D eigenvalue weighted by molar-refractivity contribution is -0.146. The van der Waals surface area contributed by atoms with Gasteiger partial charge in [-0.15, -0.1) is 0 Å². The van der Waals surface area contributed by atoms with Crippen molar-refractivity contribution in [2.24, 2.45) is 5.92 Å². The van der Waals surface area contributed by atoms with Gasteiger partial charge in [-0.3, -0.25) is 9.36 Å². The quantitative estimate of drug-likeness (QED) is 0.235. The van der Waals surface area contributed by atoms with E-state index in [-0.39, 0.29) is 29.6 Å². The molecule has 1 unspecified atom stereocenters. The number of aliphatic hydroxyl groups is 2. The monoisotopic (exact) mass is 528 g/mol.